The fourth-order valence-corrected chi connectivity index (χ4v) is 5.71. The SMILES string of the molecule is CC(=O)Sc1ccc2c(c1)Sc1ccc(SC(C)=O)cc1S2. The minimum absolute atomic E-state index is 0.0970. The molecule has 0 saturated heterocycles. The average molecular weight is 365 g/mol. The highest BCUT2D eigenvalue weighted by Crippen LogP contribution is 2.50. The summed E-state index contributed by atoms with van der Waals surface area (Å²) >= 11 is 5.94. The van der Waals surface area contributed by atoms with Gasteiger partial charge in [-0.3, -0.25) is 9.59 Å². The fourth-order valence-electron chi connectivity index (χ4n) is 2.00. The molecule has 2 aromatic carbocycles. The van der Waals surface area contributed by atoms with E-state index in [1.54, 1.807) is 37.4 Å². The van der Waals surface area contributed by atoms with Crippen LogP contribution >= 0.6 is 47.0 Å². The van der Waals surface area contributed by atoms with Crippen LogP contribution in [0.2, 0.25) is 0 Å². The van der Waals surface area contributed by atoms with Crippen molar-refractivity contribution < 1.29 is 9.59 Å². The Morgan fingerprint density at radius 1 is 0.727 bits per heavy atom. The van der Waals surface area contributed by atoms with Crippen LogP contribution in [0.1, 0.15) is 13.8 Å². The molecule has 0 aromatic heterocycles. The van der Waals surface area contributed by atoms with Crippen molar-refractivity contribution >= 4 is 57.3 Å². The van der Waals surface area contributed by atoms with Crippen LogP contribution in [0.5, 0.6) is 0 Å². The van der Waals surface area contributed by atoms with E-state index in [0.29, 0.717) is 0 Å². The molecule has 1 aliphatic heterocycles. The van der Waals surface area contributed by atoms with Gasteiger partial charge in [0, 0.05) is 43.2 Å². The van der Waals surface area contributed by atoms with Crippen LogP contribution in [0.4, 0.5) is 0 Å². The quantitative estimate of drug-likeness (QED) is 0.552. The molecule has 2 nitrogen and oxygen atoms in total. The molecule has 0 N–H and O–H groups in total. The normalized spacial score (nSPS) is 12.5. The molecule has 0 radical (unpaired) electrons. The Balaban J connectivity index is 1.88. The van der Waals surface area contributed by atoms with E-state index in [1.807, 2.05) is 12.1 Å². The molecule has 1 heterocycles. The van der Waals surface area contributed by atoms with Crippen LogP contribution < -0.4 is 0 Å². The first-order valence-electron chi connectivity index (χ1n) is 6.52. The summed E-state index contributed by atoms with van der Waals surface area (Å²) in [6.07, 6.45) is 0. The van der Waals surface area contributed by atoms with E-state index >= 15 is 0 Å². The molecule has 3 rings (SSSR count). The maximum absolute atomic E-state index is 11.2. The summed E-state index contributed by atoms with van der Waals surface area (Å²) < 4.78 is 0. The third-order valence-corrected chi connectivity index (χ3v) is 6.87. The molecule has 1 aliphatic rings. The molecule has 0 atom stereocenters. The van der Waals surface area contributed by atoms with Crippen LogP contribution in [0.25, 0.3) is 0 Å². The molecule has 6 heteroatoms. The van der Waals surface area contributed by atoms with E-state index in [-0.39, 0.29) is 10.2 Å². The van der Waals surface area contributed by atoms with Gasteiger partial charge in [0.25, 0.3) is 0 Å². The van der Waals surface area contributed by atoms with Crippen molar-refractivity contribution in [3.63, 3.8) is 0 Å². The number of hydrogen-bond acceptors (Lipinski definition) is 6. The molecule has 2 aromatic rings. The fraction of sp³-hybridized carbons (Fsp3) is 0.125. The smallest absolute Gasteiger partial charge is 0.190 e. The number of fused-ring (bicyclic) bond motifs is 2. The standard InChI is InChI=1S/C16H12O2S4/c1-9(17)19-11-3-5-13-15(7-11)21-14-6-4-12(20-10(2)18)8-16(14)22-13/h3-8H,1-2H3. The van der Waals surface area contributed by atoms with E-state index in [4.69, 9.17) is 0 Å². The van der Waals surface area contributed by atoms with Gasteiger partial charge < -0.3 is 0 Å². The number of hydrogen-bond donors (Lipinski definition) is 0. The molecule has 0 saturated carbocycles. The van der Waals surface area contributed by atoms with Crippen LogP contribution in [0.3, 0.4) is 0 Å². The van der Waals surface area contributed by atoms with E-state index in [1.165, 1.54) is 43.1 Å². The predicted molar refractivity (Wildman–Crippen MR) is 94.2 cm³/mol. The lowest BCUT2D eigenvalue weighted by atomic mass is 10.3. The monoisotopic (exact) mass is 364 g/mol. The summed E-state index contributed by atoms with van der Waals surface area (Å²) in [4.78, 5) is 29.1. The third kappa shape index (κ3) is 3.74. The van der Waals surface area contributed by atoms with Crippen molar-refractivity contribution in [1.29, 1.82) is 0 Å². The van der Waals surface area contributed by atoms with Gasteiger partial charge in [-0.1, -0.05) is 47.0 Å². The van der Waals surface area contributed by atoms with E-state index in [2.05, 4.69) is 24.3 Å². The van der Waals surface area contributed by atoms with Gasteiger partial charge in [-0.05, 0) is 36.4 Å². The van der Waals surface area contributed by atoms with Gasteiger partial charge in [0.1, 0.15) is 0 Å². The van der Waals surface area contributed by atoms with Crippen molar-refractivity contribution in [2.24, 2.45) is 0 Å². The maximum atomic E-state index is 11.2. The van der Waals surface area contributed by atoms with Gasteiger partial charge in [0.05, 0.1) is 0 Å². The highest BCUT2D eigenvalue weighted by atomic mass is 32.2. The second kappa shape index (κ2) is 6.74. The van der Waals surface area contributed by atoms with E-state index < -0.39 is 0 Å². The number of carbonyl (C=O) groups is 2. The van der Waals surface area contributed by atoms with Gasteiger partial charge in [-0.2, -0.15) is 0 Å². The summed E-state index contributed by atoms with van der Waals surface area (Å²) in [5.41, 5.74) is 0. The van der Waals surface area contributed by atoms with Crippen molar-refractivity contribution in [3.05, 3.63) is 36.4 Å². The van der Waals surface area contributed by atoms with Crippen LogP contribution in [0, 0.1) is 0 Å². The molecule has 22 heavy (non-hydrogen) atoms. The number of rotatable bonds is 2. The van der Waals surface area contributed by atoms with Gasteiger partial charge in [-0.25, -0.2) is 0 Å². The lowest BCUT2D eigenvalue weighted by molar-refractivity contribution is -0.109. The lowest BCUT2D eigenvalue weighted by Crippen LogP contribution is -1.92. The zero-order valence-electron chi connectivity index (χ0n) is 11.9. The Morgan fingerprint density at radius 3 is 1.50 bits per heavy atom. The van der Waals surface area contributed by atoms with Crippen molar-refractivity contribution in [2.45, 2.75) is 43.2 Å². The van der Waals surface area contributed by atoms with Crippen molar-refractivity contribution in [2.75, 3.05) is 0 Å². The Kier molecular flexibility index (Phi) is 4.92. The second-order valence-corrected chi connectivity index (χ2v) is 9.28. The van der Waals surface area contributed by atoms with Gasteiger partial charge >= 0.3 is 0 Å². The Bertz CT molecular complexity index is 705. The highest BCUT2D eigenvalue weighted by molar-refractivity contribution is 8.14. The van der Waals surface area contributed by atoms with Crippen LogP contribution in [-0.4, -0.2) is 10.2 Å². The molecule has 112 valence electrons. The molecular weight excluding hydrogens is 352 g/mol. The van der Waals surface area contributed by atoms with Gasteiger partial charge in [-0.15, -0.1) is 0 Å². The summed E-state index contributed by atoms with van der Waals surface area (Å²) in [5.74, 6) is 0. The molecule has 0 spiro atoms. The Labute approximate surface area is 146 Å². The number of carbonyl (C=O) groups excluding carboxylic acids is 2. The minimum Gasteiger partial charge on any atom is -0.287 e. The average Bonchev–Trinajstić information content (AvgIpc) is 2.44. The van der Waals surface area contributed by atoms with Crippen LogP contribution in [-0.2, 0) is 9.59 Å². The topological polar surface area (TPSA) is 34.1 Å². The zero-order chi connectivity index (χ0) is 15.7. The lowest BCUT2D eigenvalue weighted by Gasteiger charge is -2.19. The first kappa shape index (κ1) is 16.1. The summed E-state index contributed by atoms with van der Waals surface area (Å²) in [6.45, 7) is 3.16. The Hall–Kier alpha value is -0.820. The number of benzene rings is 2. The highest BCUT2D eigenvalue weighted by Gasteiger charge is 2.18. The summed E-state index contributed by atoms with van der Waals surface area (Å²) in [6, 6.07) is 12.2. The molecule has 0 amide bonds. The largest absolute Gasteiger partial charge is 0.287 e. The first-order chi connectivity index (χ1) is 10.5. The summed E-state index contributed by atoms with van der Waals surface area (Å²) in [7, 11) is 0. The third-order valence-electron chi connectivity index (χ3n) is 2.79. The molecule has 0 bridgehead atoms. The predicted octanol–water partition coefficient (Wildman–Crippen LogP) is 5.58. The number of thioether (sulfide) groups is 2. The second-order valence-electron chi connectivity index (χ2n) is 4.61. The van der Waals surface area contributed by atoms with Gasteiger partial charge in [0.15, 0.2) is 10.2 Å². The minimum atomic E-state index is 0.0970. The van der Waals surface area contributed by atoms with E-state index in [0.717, 1.165) is 9.79 Å². The first-order valence-corrected chi connectivity index (χ1v) is 9.78. The molecule has 0 aliphatic carbocycles. The van der Waals surface area contributed by atoms with E-state index in [9.17, 15) is 9.59 Å². The van der Waals surface area contributed by atoms with Gasteiger partial charge in [0.2, 0.25) is 0 Å². The van der Waals surface area contributed by atoms with Crippen molar-refractivity contribution in [3.8, 4) is 0 Å². The maximum Gasteiger partial charge on any atom is 0.190 e. The molecular formula is C16H12O2S4. The zero-order valence-corrected chi connectivity index (χ0v) is 15.2. The summed E-state index contributed by atoms with van der Waals surface area (Å²) in [5, 5.41) is 0.194. The molecule has 0 fully saturated rings. The Morgan fingerprint density at radius 2 is 1.14 bits per heavy atom. The van der Waals surface area contributed by atoms with Crippen molar-refractivity contribution in [1.82, 2.24) is 0 Å². The molecule has 0 unspecified atom stereocenters. The van der Waals surface area contributed by atoms with Crippen LogP contribution in [0.15, 0.2) is 65.8 Å².